The highest BCUT2D eigenvalue weighted by molar-refractivity contribution is 7.98. The molecule has 0 saturated carbocycles. The minimum atomic E-state index is -0.493. The van der Waals surface area contributed by atoms with E-state index in [1.54, 1.807) is 37.6 Å². The van der Waals surface area contributed by atoms with Gasteiger partial charge in [-0.1, -0.05) is 11.3 Å². The Kier molecular flexibility index (Phi) is 4.86. The molecule has 1 amide bonds. The zero-order valence-corrected chi connectivity index (χ0v) is 14.9. The van der Waals surface area contributed by atoms with Crippen molar-refractivity contribution in [1.82, 2.24) is 4.98 Å². The molecule has 0 bridgehead atoms. The van der Waals surface area contributed by atoms with Gasteiger partial charge in [-0.05, 0) is 36.6 Å². The number of fused-ring (bicyclic) bond motifs is 1. The lowest BCUT2D eigenvalue weighted by Crippen LogP contribution is -2.12. The summed E-state index contributed by atoms with van der Waals surface area (Å²) in [5, 5.41) is 14.2. The normalized spacial score (nSPS) is 10.6. The summed E-state index contributed by atoms with van der Waals surface area (Å²) in [7, 11) is 1.58. The predicted molar refractivity (Wildman–Crippen MR) is 99.0 cm³/mol. The topological polar surface area (TPSA) is 94.4 Å². The van der Waals surface area contributed by atoms with Crippen LogP contribution in [0.15, 0.2) is 41.3 Å². The van der Waals surface area contributed by atoms with Crippen LogP contribution in [0.1, 0.15) is 10.4 Å². The molecule has 0 aliphatic rings. The van der Waals surface area contributed by atoms with E-state index < -0.39 is 10.8 Å². The predicted octanol–water partition coefficient (Wildman–Crippen LogP) is 4.19. The maximum Gasteiger partial charge on any atom is 0.283 e. The highest BCUT2D eigenvalue weighted by Crippen LogP contribution is 2.31. The van der Waals surface area contributed by atoms with Crippen LogP contribution in [0.3, 0.4) is 0 Å². The van der Waals surface area contributed by atoms with Crippen LogP contribution >= 0.6 is 23.1 Å². The van der Waals surface area contributed by atoms with Gasteiger partial charge in [0.2, 0.25) is 0 Å². The van der Waals surface area contributed by atoms with Gasteiger partial charge in [0.25, 0.3) is 11.6 Å². The molecule has 0 fully saturated rings. The van der Waals surface area contributed by atoms with E-state index in [0.29, 0.717) is 15.8 Å². The number of thioether (sulfide) groups is 1. The van der Waals surface area contributed by atoms with Crippen LogP contribution in [-0.4, -0.2) is 29.2 Å². The van der Waals surface area contributed by atoms with Gasteiger partial charge < -0.3 is 4.74 Å². The number of rotatable bonds is 5. The van der Waals surface area contributed by atoms with Crippen LogP contribution in [0.25, 0.3) is 10.2 Å². The second kappa shape index (κ2) is 7.08. The largest absolute Gasteiger partial charge is 0.497 e. The summed E-state index contributed by atoms with van der Waals surface area (Å²) in [6.45, 7) is 0. The fourth-order valence-corrected chi connectivity index (χ4v) is 3.66. The lowest BCUT2D eigenvalue weighted by molar-refractivity contribution is -0.387. The molecule has 0 unspecified atom stereocenters. The summed E-state index contributed by atoms with van der Waals surface area (Å²) < 4.78 is 6.04. The number of carbonyl (C=O) groups is 1. The average molecular weight is 375 g/mol. The van der Waals surface area contributed by atoms with Crippen LogP contribution in [0.2, 0.25) is 0 Å². The quantitative estimate of drug-likeness (QED) is 0.408. The Morgan fingerprint density at radius 1 is 1.32 bits per heavy atom. The van der Waals surface area contributed by atoms with Gasteiger partial charge in [0, 0.05) is 11.6 Å². The standard InChI is InChI=1S/C16H13N3O4S2/c1-23-10-4-5-11-14(8-10)25-16(17-11)18-15(20)9-3-6-13(24-2)12(7-9)19(21)22/h3-8H,1-2H3,(H,17,18,20). The number of ether oxygens (including phenoxy) is 1. The number of nitro groups is 1. The third-order valence-electron chi connectivity index (χ3n) is 3.45. The van der Waals surface area contributed by atoms with Gasteiger partial charge in [-0.15, -0.1) is 11.8 Å². The Hall–Kier alpha value is -2.65. The number of nitro benzene ring substituents is 1. The first-order chi connectivity index (χ1) is 12.0. The molecule has 3 rings (SSSR count). The van der Waals surface area contributed by atoms with Crippen LogP contribution in [0.4, 0.5) is 10.8 Å². The number of anilines is 1. The van der Waals surface area contributed by atoms with E-state index in [1.165, 1.54) is 29.2 Å². The summed E-state index contributed by atoms with van der Waals surface area (Å²) in [6, 6.07) is 9.83. The summed E-state index contributed by atoms with van der Waals surface area (Å²) in [5.41, 5.74) is 0.861. The fourth-order valence-electron chi connectivity index (χ4n) is 2.23. The zero-order chi connectivity index (χ0) is 18.0. The van der Waals surface area contributed by atoms with Crippen molar-refractivity contribution in [3.63, 3.8) is 0 Å². The van der Waals surface area contributed by atoms with Crippen molar-refractivity contribution in [1.29, 1.82) is 0 Å². The van der Waals surface area contributed by atoms with Gasteiger partial charge in [-0.25, -0.2) is 4.98 Å². The van der Waals surface area contributed by atoms with E-state index in [0.717, 1.165) is 10.2 Å². The minimum Gasteiger partial charge on any atom is -0.497 e. The second-order valence-corrected chi connectivity index (χ2v) is 6.83. The number of methoxy groups -OCH3 is 1. The van der Waals surface area contributed by atoms with Gasteiger partial charge in [0.05, 0.1) is 27.1 Å². The van der Waals surface area contributed by atoms with Gasteiger partial charge in [-0.2, -0.15) is 0 Å². The van der Waals surface area contributed by atoms with Crippen LogP contribution < -0.4 is 10.1 Å². The molecule has 1 N–H and O–H groups in total. The Morgan fingerprint density at radius 3 is 2.80 bits per heavy atom. The van der Waals surface area contributed by atoms with Crippen molar-refractivity contribution in [3.05, 3.63) is 52.1 Å². The van der Waals surface area contributed by atoms with E-state index in [4.69, 9.17) is 4.74 Å². The summed E-state index contributed by atoms with van der Waals surface area (Å²) in [6.07, 6.45) is 1.75. The number of benzene rings is 2. The molecule has 128 valence electrons. The molecule has 1 heterocycles. The molecule has 0 radical (unpaired) electrons. The number of hydrogen-bond donors (Lipinski definition) is 1. The van der Waals surface area contributed by atoms with Crippen molar-refractivity contribution in [2.24, 2.45) is 0 Å². The molecule has 0 aliphatic carbocycles. The average Bonchev–Trinajstić information content (AvgIpc) is 3.02. The second-order valence-electron chi connectivity index (χ2n) is 4.95. The van der Waals surface area contributed by atoms with Gasteiger partial charge in [0.1, 0.15) is 5.75 Å². The number of carbonyl (C=O) groups excluding carboxylic acids is 1. The fraction of sp³-hybridized carbons (Fsp3) is 0.125. The third-order valence-corrected chi connectivity index (χ3v) is 5.17. The smallest absolute Gasteiger partial charge is 0.283 e. The molecular formula is C16H13N3O4S2. The maximum absolute atomic E-state index is 12.4. The van der Waals surface area contributed by atoms with Crippen molar-refractivity contribution in [3.8, 4) is 5.75 Å². The summed E-state index contributed by atoms with van der Waals surface area (Å²) in [5.74, 6) is 0.263. The molecule has 0 saturated heterocycles. The molecule has 9 heteroatoms. The molecule has 2 aromatic carbocycles. The molecule has 0 spiro atoms. The third kappa shape index (κ3) is 3.57. The van der Waals surface area contributed by atoms with Crippen LogP contribution in [-0.2, 0) is 0 Å². The van der Waals surface area contributed by atoms with Gasteiger partial charge in [0.15, 0.2) is 5.13 Å². The monoisotopic (exact) mass is 375 g/mol. The van der Waals surface area contributed by atoms with E-state index in [1.807, 2.05) is 6.07 Å². The Balaban J connectivity index is 1.87. The Morgan fingerprint density at radius 2 is 2.12 bits per heavy atom. The number of hydrogen-bond acceptors (Lipinski definition) is 7. The Bertz CT molecular complexity index is 971. The van der Waals surface area contributed by atoms with E-state index in [9.17, 15) is 14.9 Å². The maximum atomic E-state index is 12.4. The van der Waals surface area contributed by atoms with Crippen LogP contribution in [0.5, 0.6) is 5.75 Å². The number of aromatic nitrogens is 1. The first kappa shape index (κ1) is 17.2. The molecule has 0 aliphatic heterocycles. The zero-order valence-electron chi connectivity index (χ0n) is 13.3. The molecule has 7 nitrogen and oxygen atoms in total. The molecule has 3 aromatic rings. The summed E-state index contributed by atoms with van der Waals surface area (Å²) >= 11 is 2.57. The first-order valence-corrected chi connectivity index (χ1v) is 9.14. The number of nitrogens with zero attached hydrogens (tertiary/aromatic N) is 2. The SMILES string of the molecule is COc1ccc2nc(NC(=O)c3ccc(SC)c([N+](=O)[O-])c3)sc2c1. The highest BCUT2D eigenvalue weighted by Gasteiger charge is 2.18. The molecule has 0 atom stereocenters. The minimum absolute atomic E-state index is 0.0887. The van der Waals surface area contributed by atoms with Crippen molar-refractivity contribution < 1.29 is 14.5 Å². The molecular weight excluding hydrogens is 362 g/mol. The van der Waals surface area contributed by atoms with E-state index in [2.05, 4.69) is 10.3 Å². The Labute approximate surface area is 151 Å². The van der Waals surface area contributed by atoms with Crippen molar-refractivity contribution >= 4 is 50.0 Å². The molecule has 25 heavy (non-hydrogen) atoms. The first-order valence-electron chi connectivity index (χ1n) is 7.10. The lowest BCUT2D eigenvalue weighted by Gasteiger charge is -2.04. The van der Waals surface area contributed by atoms with E-state index in [-0.39, 0.29) is 11.3 Å². The number of thiazole rings is 1. The van der Waals surface area contributed by atoms with Crippen molar-refractivity contribution in [2.45, 2.75) is 4.90 Å². The number of amides is 1. The summed E-state index contributed by atoms with van der Waals surface area (Å²) in [4.78, 5) is 27.9. The van der Waals surface area contributed by atoms with Gasteiger partial charge >= 0.3 is 0 Å². The van der Waals surface area contributed by atoms with Crippen LogP contribution in [0, 0.1) is 10.1 Å². The highest BCUT2D eigenvalue weighted by atomic mass is 32.2. The lowest BCUT2D eigenvalue weighted by atomic mass is 10.2. The number of nitrogens with one attached hydrogen (secondary N) is 1. The van der Waals surface area contributed by atoms with Crippen molar-refractivity contribution in [2.75, 3.05) is 18.7 Å². The molecule has 1 aromatic heterocycles. The van der Waals surface area contributed by atoms with E-state index >= 15 is 0 Å². The van der Waals surface area contributed by atoms with Gasteiger partial charge in [-0.3, -0.25) is 20.2 Å².